The number of hydrogen-bond donors (Lipinski definition) is 0. The third-order valence-electron chi connectivity index (χ3n) is 3.48. The molecule has 1 saturated heterocycles. The van der Waals surface area contributed by atoms with Gasteiger partial charge in [-0.15, -0.1) is 0 Å². The SMILES string of the molecule is COC1(C(=O)Cc2ccc(Cl)cc2)CCOCC1. The third-order valence-corrected chi connectivity index (χ3v) is 3.73. The van der Waals surface area contributed by atoms with Crippen LogP contribution in [0.5, 0.6) is 0 Å². The third kappa shape index (κ3) is 2.91. The van der Waals surface area contributed by atoms with E-state index < -0.39 is 5.60 Å². The van der Waals surface area contributed by atoms with Gasteiger partial charge in [0, 0.05) is 44.6 Å². The average molecular weight is 269 g/mol. The van der Waals surface area contributed by atoms with Crippen LogP contribution in [0, 0.1) is 0 Å². The van der Waals surface area contributed by atoms with Gasteiger partial charge in [-0.05, 0) is 17.7 Å². The van der Waals surface area contributed by atoms with Crippen molar-refractivity contribution in [2.24, 2.45) is 0 Å². The Bertz CT molecular complexity index is 408. The second-order valence-corrected chi connectivity index (χ2v) is 4.97. The second kappa shape index (κ2) is 5.83. The molecule has 0 bridgehead atoms. The Morgan fingerprint density at radius 3 is 2.50 bits per heavy atom. The fraction of sp³-hybridized carbons (Fsp3) is 0.500. The average Bonchev–Trinajstić information content (AvgIpc) is 2.42. The Morgan fingerprint density at radius 2 is 1.94 bits per heavy atom. The van der Waals surface area contributed by atoms with Crippen molar-refractivity contribution in [3.63, 3.8) is 0 Å². The van der Waals surface area contributed by atoms with E-state index in [0.29, 0.717) is 37.5 Å². The van der Waals surface area contributed by atoms with Gasteiger partial charge >= 0.3 is 0 Å². The molecule has 0 aliphatic carbocycles. The number of halogens is 1. The molecule has 1 aromatic carbocycles. The molecule has 0 radical (unpaired) electrons. The van der Waals surface area contributed by atoms with Crippen molar-refractivity contribution in [2.45, 2.75) is 24.9 Å². The van der Waals surface area contributed by atoms with Crippen LogP contribution in [0.15, 0.2) is 24.3 Å². The highest BCUT2D eigenvalue weighted by Gasteiger charge is 2.39. The van der Waals surface area contributed by atoms with Gasteiger partial charge in [-0.3, -0.25) is 4.79 Å². The van der Waals surface area contributed by atoms with Crippen LogP contribution < -0.4 is 0 Å². The summed E-state index contributed by atoms with van der Waals surface area (Å²) in [5.41, 5.74) is 0.296. The van der Waals surface area contributed by atoms with Crippen LogP contribution in [0.2, 0.25) is 5.02 Å². The smallest absolute Gasteiger partial charge is 0.169 e. The molecule has 3 nitrogen and oxygen atoms in total. The fourth-order valence-electron chi connectivity index (χ4n) is 2.25. The molecule has 1 aliphatic heterocycles. The highest BCUT2D eigenvalue weighted by molar-refractivity contribution is 6.30. The van der Waals surface area contributed by atoms with Gasteiger partial charge in [-0.25, -0.2) is 0 Å². The minimum absolute atomic E-state index is 0.121. The second-order valence-electron chi connectivity index (χ2n) is 4.54. The highest BCUT2D eigenvalue weighted by atomic mass is 35.5. The minimum atomic E-state index is -0.669. The summed E-state index contributed by atoms with van der Waals surface area (Å²) >= 11 is 5.83. The zero-order valence-corrected chi connectivity index (χ0v) is 11.2. The molecule has 1 fully saturated rings. The summed E-state index contributed by atoms with van der Waals surface area (Å²) in [6.07, 6.45) is 1.65. The van der Waals surface area contributed by atoms with Crippen molar-refractivity contribution < 1.29 is 14.3 Å². The number of carbonyl (C=O) groups excluding carboxylic acids is 1. The van der Waals surface area contributed by atoms with Gasteiger partial charge < -0.3 is 9.47 Å². The van der Waals surface area contributed by atoms with Crippen molar-refractivity contribution in [1.29, 1.82) is 0 Å². The van der Waals surface area contributed by atoms with Crippen molar-refractivity contribution in [1.82, 2.24) is 0 Å². The van der Waals surface area contributed by atoms with E-state index in [2.05, 4.69) is 0 Å². The summed E-state index contributed by atoms with van der Waals surface area (Å²) in [7, 11) is 1.60. The lowest BCUT2D eigenvalue weighted by Crippen LogP contribution is -2.46. The highest BCUT2D eigenvalue weighted by Crippen LogP contribution is 2.27. The van der Waals surface area contributed by atoms with E-state index in [1.807, 2.05) is 12.1 Å². The topological polar surface area (TPSA) is 35.5 Å². The normalized spacial score (nSPS) is 18.6. The van der Waals surface area contributed by atoms with E-state index in [9.17, 15) is 4.79 Å². The molecule has 0 saturated carbocycles. The first-order chi connectivity index (χ1) is 8.66. The largest absolute Gasteiger partial charge is 0.381 e. The number of carbonyl (C=O) groups is 1. The monoisotopic (exact) mass is 268 g/mol. The van der Waals surface area contributed by atoms with Gasteiger partial charge in [0.15, 0.2) is 5.78 Å². The first-order valence-corrected chi connectivity index (χ1v) is 6.45. The minimum Gasteiger partial charge on any atom is -0.381 e. The van der Waals surface area contributed by atoms with E-state index in [-0.39, 0.29) is 5.78 Å². The molecular formula is C14H17ClO3. The lowest BCUT2D eigenvalue weighted by molar-refractivity contribution is -0.151. The molecule has 0 unspecified atom stereocenters. The van der Waals surface area contributed by atoms with Crippen LogP contribution in [0.4, 0.5) is 0 Å². The zero-order valence-electron chi connectivity index (χ0n) is 10.4. The van der Waals surface area contributed by atoms with E-state index in [0.717, 1.165) is 5.56 Å². The lowest BCUT2D eigenvalue weighted by Gasteiger charge is -2.34. The number of Topliss-reactive ketones (excluding diaryl/α,β-unsaturated/α-hetero) is 1. The van der Waals surface area contributed by atoms with Crippen molar-refractivity contribution in [2.75, 3.05) is 20.3 Å². The molecule has 4 heteroatoms. The van der Waals surface area contributed by atoms with Crippen molar-refractivity contribution in [3.05, 3.63) is 34.9 Å². The van der Waals surface area contributed by atoms with E-state index in [4.69, 9.17) is 21.1 Å². The quantitative estimate of drug-likeness (QED) is 0.842. The predicted molar refractivity (Wildman–Crippen MR) is 70.0 cm³/mol. The lowest BCUT2D eigenvalue weighted by atomic mass is 9.86. The van der Waals surface area contributed by atoms with Gasteiger partial charge in [0.25, 0.3) is 0 Å². The standard InChI is InChI=1S/C14H17ClO3/c1-17-14(6-8-18-9-7-14)13(16)10-11-2-4-12(15)5-3-11/h2-5H,6-10H2,1H3. The van der Waals surface area contributed by atoms with Crippen molar-refractivity contribution >= 4 is 17.4 Å². The molecule has 1 aromatic rings. The Kier molecular flexibility index (Phi) is 4.38. The molecule has 0 aromatic heterocycles. The van der Waals surface area contributed by atoms with E-state index >= 15 is 0 Å². The summed E-state index contributed by atoms with van der Waals surface area (Å²) in [6.45, 7) is 1.17. The van der Waals surface area contributed by atoms with Gasteiger partial charge in [-0.1, -0.05) is 23.7 Å². The number of methoxy groups -OCH3 is 1. The van der Waals surface area contributed by atoms with Crippen LogP contribution in [-0.4, -0.2) is 31.7 Å². The zero-order chi connectivity index (χ0) is 13.0. The van der Waals surface area contributed by atoms with Gasteiger partial charge in [-0.2, -0.15) is 0 Å². The number of rotatable bonds is 4. The predicted octanol–water partition coefficient (Wildman–Crippen LogP) is 2.65. The summed E-state index contributed by atoms with van der Waals surface area (Å²) in [5.74, 6) is 0.121. The van der Waals surface area contributed by atoms with Gasteiger partial charge in [0.2, 0.25) is 0 Å². The molecule has 0 spiro atoms. The summed E-state index contributed by atoms with van der Waals surface area (Å²) in [5, 5.41) is 0.679. The first-order valence-electron chi connectivity index (χ1n) is 6.07. The maximum Gasteiger partial charge on any atom is 0.169 e. The maximum absolute atomic E-state index is 12.4. The van der Waals surface area contributed by atoms with Crippen LogP contribution in [0.1, 0.15) is 18.4 Å². The van der Waals surface area contributed by atoms with Crippen molar-refractivity contribution in [3.8, 4) is 0 Å². The fourth-order valence-corrected chi connectivity index (χ4v) is 2.37. The van der Waals surface area contributed by atoms with Crippen LogP contribution in [0.3, 0.4) is 0 Å². The molecule has 0 atom stereocenters. The van der Waals surface area contributed by atoms with E-state index in [1.54, 1.807) is 19.2 Å². The number of ketones is 1. The summed E-state index contributed by atoms with van der Waals surface area (Å²) in [6, 6.07) is 7.35. The molecule has 0 N–H and O–H groups in total. The maximum atomic E-state index is 12.4. The van der Waals surface area contributed by atoms with Crippen LogP contribution in [0.25, 0.3) is 0 Å². The summed E-state index contributed by atoms with van der Waals surface area (Å²) in [4.78, 5) is 12.4. The van der Waals surface area contributed by atoms with Crippen LogP contribution in [-0.2, 0) is 20.7 Å². The molecular weight excluding hydrogens is 252 g/mol. The van der Waals surface area contributed by atoms with Gasteiger partial charge in [0.05, 0.1) is 0 Å². The number of ether oxygens (including phenoxy) is 2. The Hall–Kier alpha value is -0.900. The molecule has 98 valence electrons. The number of hydrogen-bond acceptors (Lipinski definition) is 3. The van der Waals surface area contributed by atoms with Gasteiger partial charge in [0.1, 0.15) is 5.60 Å². The molecule has 0 amide bonds. The Morgan fingerprint density at radius 1 is 1.33 bits per heavy atom. The van der Waals surface area contributed by atoms with Crippen LogP contribution >= 0.6 is 11.6 Å². The molecule has 2 rings (SSSR count). The van der Waals surface area contributed by atoms with E-state index in [1.165, 1.54) is 0 Å². The Balaban J connectivity index is 2.07. The Labute approximate surface area is 112 Å². The first kappa shape index (κ1) is 13.5. The molecule has 1 heterocycles. The molecule has 1 aliphatic rings. The summed E-state index contributed by atoms with van der Waals surface area (Å²) < 4.78 is 10.8. The number of benzene rings is 1. The molecule has 18 heavy (non-hydrogen) atoms.